The normalized spacial score (nSPS) is 19.9. The van der Waals surface area contributed by atoms with Crippen molar-refractivity contribution in [3.05, 3.63) is 39.8 Å². The molecule has 2 atom stereocenters. The van der Waals surface area contributed by atoms with Crippen LogP contribution < -0.4 is 10.2 Å². The van der Waals surface area contributed by atoms with Gasteiger partial charge in [-0.1, -0.05) is 11.6 Å². The van der Waals surface area contributed by atoms with Crippen LogP contribution >= 0.6 is 22.9 Å². The Balaban J connectivity index is 1.76. The number of ether oxygens (including phenoxy) is 1. The van der Waals surface area contributed by atoms with Gasteiger partial charge in [0.15, 0.2) is 4.47 Å². The summed E-state index contributed by atoms with van der Waals surface area (Å²) in [5, 5.41) is 18.2. The van der Waals surface area contributed by atoms with E-state index >= 15 is 0 Å². The van der Waals surface area contributed by atoms with Crippen LogP contribution in [0.5, 0.6) is 5.75 Å². The minimum atomic E-state index is -4.11. The average Bonchev–Trinajstić information content (AvgIpc) is 3.16. The molecule has 1 aliphatic heterocycles. The summed E-state index contributed by atoms with van der Waals surface area (Å²) in [6.45, 7) is 0.0553. The number of halogens is 1. The molecule has 3 rings (SSSR count). The number of hydrogen-bond acceptors (Lipinski definition) is 8. The highest BCUT2D eigenvalue weighted by Crippen LogP contribution is 2.30. The van der Waals surface area contributed by atoms with Crippen molar-refractivity contribution in [2.45, 2.75) is 30.4 Å². The van der Waals surface area contributed by atoms with Crippen molar-refractivity contribution in [1.29, 1.82) is 0 Å². The van der Waals surface area contributed by atoms with E-state index in [1.807, 2.05) is 0 Å². The largest absolute Gasteiger partial charge is 0.488 e. The molecule has 0 aliphatic carbocycles. The Morgan fingerprint density at radius 3 is 2.60 bits per heavy atom. The average molecular weight is 476 g/mol. The van der Waals surface area contributed by atoms with Gasteiger partial charge in [0.25, 0.3) is 5.91 Å². The second kappa shape index (κ2) is 9.27. The Morgan fingerprint density at radius 2 is 2.03 bits per heavy atom. The molecule has 2 aromatic rings. The van der Waals surface area contributed by atoms with E-state index < -0.39 is 33.9 Å². The van der Waals surface area contributed by atoms with Gasteiger partial charge in [-0.05, 0) is 37.1 Å². The minimum Gasteiger partial charge on any atom is -0.488 e. The number of aliphatic carboxylic acids is 1. The molecule has 10 nitrogen and oxygen atoms in total. The van der Waals surface area contributed by atoms with E-state index in [0.717, 1.165) is 9.18 Å². The van der Waals surface area contributed by atoms with Crippen LogP contribution in [0.15, 0.2) is 35.4 Å². The van der Waals surface area contributed by atoms with Crippen molar-refractivity contribution in [2.75, 3.05) is 6.54 Å². The van der Waals surface area contributed by atoms with Crippen LogP contribution in [-0.4, -0.2) is 52.5 Å². The molecule has 0 saturated carbocycles. The fraction of sp³-hybridized carbons (Fsp3) is 0.353. The summed E-state index contributed by atoms with van der Waals surface area (Å²) in [6, 6.07) is 4.28. The lowest BCUT2D eigenvalue weighted by Crippen LogP contribution is -2.53. The fourth-order valence-corrected chi connectivity index (χ4v) is 5.62. The van der Waals surface area contributed by atoms with E-state index in [0.29, 0.717) is 10.2 Å². The van der Waals surface area contributed by atoms with E-state index in [4.69, 9.17) is 21.5 Å². The first-order valence-electron chi connectivity index (χ1n) is 8.74. The number of carboxylic acid groups (broad SMARTS) is 1. The number of hydrogen-bond donors (Lipinski definition) is 3. The monoisotopic (exact) mass is 475 g/mol. The Labute approximate surface area is 181 Å². The third-order valence-corrected chi connectivity index (χ3v) is 7.66. The SMILES string of the molecule is O=C(O)C1CCN(S(=O)(=O)c2ccc(OCc3cnc(Cl)s3)cc2)C(C(=O)NO)C1. The van der Waals surface area contributed by atoms with Gasteiger partial charge in [0, 0.05) is 12.7 Å². The maximum atomic E-state index is 13.0. The third kappa shape index (κ3) is 4.90. The number of nitrogens with zero attached hydrogens (tertiary/aromatic N) is 2. The zero-order valence-corrected chi connectivity index (χ0v) is 17.8. The summed E-state index contributed by atoms with van der Waals surface area (Å²) in [7, 11) is -4.11. The van der Waals surface area contributed by atoms with Crippen LogP contribution in [0.25, 0.3) is 0 Å². The number of carboxylic acids is 1. The molecule has 0 radical (unpaired) electrons. The quantitative estimate of drug-likeness (QED) is 0.405. The number of benzene rings is 1. The highest BCUT2D eigenvalue weighted by Gasteiger charge is 2.42. The highest BCUT2D eigenvalue weighted by molar-refractivity contribution is 7.89. The van der Waals surface area contributed by atoms with Gasteiger partial charge in [-0.3, -0.25) is 14.8 Å². The van der Waals surface area contributed by atoms with Gasteiger partial charge < -0.3 is 9.84 Å². The predicted octanol–water partition coefficient (Wildman–Crippen LogP) is 1.73. The van der Waals surface area contributed by atoms with Crippen LogP contribution in [0.1, 0.15) is 17.7 Å². The summed E-state index contributed by atoms with van der Waals surface area (Å²) in [6.07, 6.45) is 1.40. The van der Waals surface area contributed by atoms with Gasteiger partial charge >= 0.3 is 5.97 Å². The van der Waals surface area contributed by atoms with Gasteiger partial charge in [0.2, 0.25) is 10.0 Å². The number of thiazole rings is 1. The van der Waals surface area contributed by atoms with Gasteiger partial charge in [-0.25, -0.2) is 18.9 Å². The first kappa shape index (κ1) is 22.4. The number of aromatic nitrogens is 1. The molecular formula is C17H18ClN3O7S2. The van der Waals surface area contributed by atoms with Crippen molar-refractivity contribution in [1.82, 2.24) is 14.8 Å². The number of hydroxylamine groups is 1. The molecule has 1 aromatic heterocycles. The second-order valence-corrected chi connectivity index (χ2v) is 10.1. The lowest BCUT2D eigenvalue weighted by atomic mass is 9.92. The molecule has 1 aromatic carbocycles. The molecule has 0 bridgehead atoms. The molecule has 1 aliphatic rings. The maximum Gasteiger partial charge on any atom is 0.306 e. The molecule has 30 heavy (non-hydrogen) atoms. The van der Waals surface area contributed by atoms with E-state index in [1.54, 1.807) is 6.20 Å². The molecule has 162 valence electrons. The summed E-state index contributed by atoms with van der Waals surface area (Å²) in [4.78, 5) is 27.9. The number of sulfonamides is 1. The number of amides is 1. The van der Waals surface area contributed by atoms with Gasteiger partial charge in [-0.2, -0.15) is 4.31 Å². The Morgan fingerprint density at radius 1 is 1.33 bits per heavy atom. The maximum absolute atomic E-state index is 13.0. The van der Waals surface area contributed by atoms with E-state index in [-0.39, 0.29) is 30.9 Å². The summed E-state index contributed by atoms with van der Waals surface area (Å²) in [5.74, 6) is -2.55. The van der Waals surface area contributed by atoms with Gasteiger partial charge in [0.05, 0.1) is 15.7 Å². The number of carbonyl (C=O) groups is 2. The molecule has 13 heteroatoms. The van der Waals surface area contributed by atoms with E-state index in [9.17, 15) is 23.1 Å². The summed E-state index contributed by atoms with van der Waals surface area (Å²) >= 11 is 7.03. The smallest absolute Gasteiger partial charge is 0.306 e. The van der Waals surface area contributed by atoms with Crippen LogP contribution in [0, 0.1) is 5.92 Å². The molecule has 1 fully saturated rings. The van der Waals surface area contributed by atoms with Crippen LogP contribution in [0.4, 0.5) is 0 Å². The van der Waals surface area contributed by atoms with Crippen molar-refractivity contribution in [2.24, 2.45) is 5.92 Å². The van der Waals surface area contributed by atoms with Crippen molar-refractivity contribution in [3.8, 4) is 5.75 Å². The number of rotatable bonds is 7. The van der Waals surface area contributed by atoms with E-state index in [1.165, 1.54) is 41.1 Å². The lowest BCUT2D eigenvalue weighted by molar-refractivity contribution is -0.145. The molecule has 0 spiro atoms. The van der Waals surface area contributed by atoms with Crippen molar-refractivity contribution < 1.29 is 33.1 Å². The third-order valence-electron chi connectivity index (χ3n) is 4.65. The Kier molecular flexibility index (Phi) is 6.93. The van der Waals surface area contributed by atoms with Crippen LogP contribution in [-0.2, 0) is 26.2 Å². The van der Waals surface area contributed by atoms with Crippen LogP contribution in [0.3, 0.4) is 0 Å². The summed E-state index contributed by atoms with van der Waals surface area (Å²) < 4.78 is 33.0. The fourth-order valence-electron chi connectivity index (χ4n) is 3.12. The standard InChI is InChI=1S/C17H18ClN3O7S2/c18-17-19-8-12(29-17)9-28-11-1-3-13(4-2-11)30(26,27)21-6-5-10(16(23)24)7-14(21)15(22)20-25/h1-4,8,10,14,25H,5-7,9H2,(H,20,22)(H,23,24). The van der Waals surface area contributed by atoms with Crippen molar-refractivity contribution >= 4 is 44.8 Å². The van der Waals surface area contributed by atoms with E-state index in [2.05, 4.69) is 4.98 Å². The number of piperidine rings is 1. The second-order valence-electron chi connectivity index (χ2n) is 6.51. The highest BCUT2D eigenvalue weighted by atomic mass is 35.5. The summed E-state index contributed by atoms with van der Waals surface area (Å²) in [5.41, 5.74) is 1.42. The minimum absolute atomic E-state index is 0.0579. The molecule has 3 N–H and O–H groups in total. The lowest BCUT2D eigenvalue weighted by Gasteiger charge is -2.35. The molecule has 1 saturated heterocycles. The zero-order valence-electron chi connectivity index (χ0n) is 15.4. The zero-order chi connectivity index (χ0) is 21.9. The molecular weight excluding hydrogens is 458 g/mol. The van der Waals surface area contributed by atoms with Crippen LogP contribution in [0.2, 0.25) is 4.47 Å². The first-order chi connectivity index (χ1) is 14.2. The molecule has 1 amide bonds. The molecule has 2 unspecified atom stereocenters. The topological polar surface area (TPSA) is 146 Å². The van der Waals surface area contributed by atoms with Crippen molar-refractivity contribution in [3.63, 3.8) is 0 Å². The predicted molar refractivity (Wildman–Crippen MR) is 106 cm³/mol. The Bertz CT molecular complexity index is 1030. The van der Waals surface area contributed by atoms with Gasteiger partial charge in [-0.15, -0.1) is 11.3 Å². The number of nitrogens with one attached hydrogen (secondary N) is 1. The Hall–Kier alpha value is -2.25. The molecule has 2 heterocycles. The number of carbonyl (C=O) groups excluding carboxylic acids is 1. The first-order valence-corrected chi connectivity index (χ1v) is 11.4. The van der Waals surface area contributed by atoms with Gasteiger partial charge in [0.1, 0.15) is 18.4 Å².